The third kappa shape index (κ3) is 4.84. The number of nitrogens with zero attached hydrogens (tertiary/aromatic N) is 2. The molecular weight excluding hydrogens is 342 g/mol. The molecule has 6 nitrogen and oxygen atoms in total. The molecular formula is C18H20ClN3O3. The zero-order chi connectivity index (χ0) is 17.6. The highest BCUT2D eigenvalue weighted by Crippen LogP contribution is 2.13. The third-order valence-corrected chi connectivity index (χ3v) is 4.41. The highest BCUT2D eigenvalue weighted by Gasteiger charge is 2.23. The van der Waals surface area contributed by atoms with E-state index in [0.29, 0.717) is 49.9 Å². The monoisotopic (exact) mass is 361 g/mol. The third-order valence-electron chi connectivity index (χ3n) is 4.16. The first kappa shape index (κ1) is 17.5. The smallest absolute Gasteiger partial charge is 0.253 e. The van der Waals surface area contributed by atoms with Crippen molar-refractivity contribution in [2.24, 2.45) is 0 Å². The first-order valence-corrected chi connectivity index (χ1v) is 8.56. The summed E-state index contributed by atoms with van der Waals surface area (Å²) in [6.07, 6.45) is 1.58. The van der Waals surface area contributed by atoms with Crippen LogP contribution in [0.3, 0.4) is 0 Å². The van der Waals surface area contributed by atoms with E-state index in [2.05, 4.69) is 5.32 Å². The summed E-state index contributed by atoms with van der Waals surface area (Å²) in [7, 11) is 0. The van der Waals surface area contributed by atoms with Gasteiger partial charge in [0.1, 0.15) is 5.76 Å². The van der Waals surface area contributed by atoms with Crippen molar-refractivity contribution in [2.45, 2.75) is 6.54 Å². The molecule has 0 atom stereocenters. The summed E-state index contributed by atoms with van der Waals surface area (Å²) < 4.78 is 5.18. The number of hydrogen-bond acceptors (Lipinski definition) is 4. The highest BCUT2D eigenvalue weighted by molar-refractivity contribution is 6.30. The number of furan rings is 1. The van der Waals surface area contributed by atoms with Crippen LogP contribution in [0.25, 0.3) is 0 Å². The Morgan fingerprint density at radius 3 is 2.44 bits per heavy atom. The fourth-order valence-corrected chi connectivity index (χ4v) is 2.87. The SMILES string of the molecule is O=C(CN1CCN(C(=O)c2ccc(Cl)cc2)CC1)NCc1ccco1. The molecule has 1 aromatic carbocycles. The van der Waals surface area contributed by atoms with Crippen LogP contribution in [0.5, 0.6) is 0 Å². The van der Waals surface area contributed by atoms with Gasteiger partial charge in [-0.1, -0.05) is 11.6 Å². The highest BCUT2D eigenvalue weighted by atomic mass is 35.5. The zero-order valence-corrected chi connectivity index (χ0v) is 14.5. The van der Waals surface area contributed by atoms with Gasteiger partial charge in [0.15, 0.2) is 0 Å². The molecule has 1 aliphatic rings. The quantitative estimate of drug-likeness (QED) is 0.884. The Morgan fingerprint density at radius 1 is 1.08 bits per heavy atom. The van der Waals surface area contributed by atoms with Gasteiger partial charge in [0, 0.05) is 36.8 Å². The van der Waals surface area contributed by atoms with Crippen LogP contribution in [0, 0.1) is 0 Å². The molecule has 0 radical (unpaired) electrons. The number of nitrogens with one attached hydrogen (secondary N) is 1. The second kappa shape index (κ2) is 8.18. The molecule has 1 fully saturated rings. The summed E-state index contributed by atoms with van der Waals surface area (Å²) >= 11 is 5.85. The maximum absolute atomic E-state index is 12.4. The van der Waals surface area contributed by atoms with Crippen molar-refractivity contribution in [3.63, 3.8) is 0 Å². The van der Waals surface area contributed by atoms with Gasteiger partial charge in [0.25, 0.3) is 5.91 Å². The van der Waals surface area contributed by atoms with Gasteiger partial charge in [-0.25, -0.2) is 0 Å². The van der Waals surface area contributed by atoms with Crippen molar-refractivity contribution >= 4 is 23.4 Å². The molecule has 0 spiro atoms. The molecule has 7 heteroatoms. The lowest BCUT2D eigenvalue weighted by Gasteiger charge is -2.34. The maximum atomic E-state index is 12.4. The average molecular weight is 362 g/mol. The maximum Gasteiger partial charge on any atom is 0.253 e. The molecule has 3 rings (SSSR count). The molecule has 0 bridgehead atoms. The van der Waals surface area contributed by atoms with E-state index in [1.54, 1.807) is 41.5 Å². The molecule has 132 valence electrons. The topological polar surface area (TPSA) is 65.8 Å². The Kier molecular flexibility index (Phi) is 5.73. The molecule has 25 heavy (non-hydrogen) atoms. The molecule has 0 aliphatic carbocycles. The van der Waals surface area contributed by atoms with Crippen LogP contribution in [0.2, 0.25) is 5.02 Å². The van der Waals surface area contributed by atoms with E-state index in [0.717, 1.165) is 5.76 Å². The van der Waals surface area contributed by atoms with E-state index in [-0.39, 0.29) is 11.8 Å². The fraction of sp³-hybridized carbons (Fsp3) is 0.333. The van der Waals surface area contributed by atoms with E-state index in [4.69, 9.17) is 16.0 Å². The van der Waals surface area contributed by atoms with Gasteiger partial charge in [-0.05, 0) is 36.4 Å². The second-order valence-electron chi connectivity index (χ2n) is 5.93. The minimum Gasteiger partial charge on any atom is -0.467 e. The Balaban J connectivity index is 1.42. The number of benzene rings is 1. The van der Waals surface area contributed by atoms with Gasteiger partial charge in [0.05, 0.1) is 19.4 Å². The van der Waals surface area contributed by atoms with Gasteiger partial charge in [0.2, 0.25) is 5.91 Å². The number of hydrogen-bond donors (Lipinski definition) is 1. The van der Waals surface area contributed by atoms with E-state index in [1.807, 2.05) is 11.0 Å². The van der Waals surface area contributed by atoms with Crippen molar-refractivity contribution in [3.05, 3.63) is 59.0 Å². The van der Waals surface area contributed by atoms with Crippen LogP contribution in [-0.4, -0.2) is 54.3 Å². The summed E-state index contributed by atoms with van der Waals surface area (Å²) in [5.74, 6) is 0.680. The number of halogens is 1. The minimum atomic E-state index is -0.0473. The first-order valence-electron chi connectivity index (χ1n) is 8.18. The summed E-state index contributed by atoms with van der Waals surface area (Å²) in [6.45, 7) is 3.27. The number of piperazine rings is 1. The molecule has 1 aliphatic heterocycles. The number of amides is 2. The van der Waals surface area contributed by atoms with Crippen LogP contribution < -0.4 is 5.32 Å². The Bertz CT molecular complexity index is 708. The van der Waals surface area contributed by atoms with Gasteiger partial charge in [-0.3, -0.25) is 14.5 Å². The van der Waals surface area contributed by atoms with Gasteiger partial charge in [-0.15, -0.1) is 0 Å². The number of rotatable bonds is 5. The van der Waals surface area contributed by atoms with Gasteiger partial charge in [-0.2, -0.15) is 0 Å². The largest absolute Gasteiger partial charge is 0.467 e. The van der Waals surface area contributed by atoms with E-state index in [9.17, 15) is 9.59 Å². The molecule has 0 unspecified atom stereocenters. The van der Waals surface area contributed by atoms with Crippen molar-refractivity contribution < 1.29 is 14.0 Å². The first-order chi connectivity index (χ1) is 12.1. The van der Waals surface area contributed by atoms with Crippen LogP contribution in [0.1, 0.15) is 16.1 Å². The van der Waals surface area contributed by atoms with Crippen LogP contribution in [-0.2, 0) is 11.3 Å². The zero-order valence-electron chi connectivity index (χ0n) is 13.8. The molecule has 1 aromatic heterocycles. The second-order valence-corrected chi connectivity index (χ2v) is 6.37. The predicted octanol–water partition coefficient (Wildman–Crippen LogP) is 2.01. The molecule has 2 heterocycles. The van der Waals surface area contributed by atoms with Crippen molar-refractivity contribution in [2.75, 3.05) is 32.7 Å². The van der Waals surface area contributed by atoms with Crippen molar-refractivity contribution in [1.82, 2.24) is 15.1 Å². The molecule has 1 saturated heterocycles. The predicted molar refractivity (Wildman–Crippen MR) is 94.4 cm³/mol. The normalized spacial score (nSPS) is 15.2. The molecule has 2 aromatic rings. The van der Waals surface area contributed by atoms with E-state index >= 15 is 0 Å². The van der Waals surface area contributed by atoms with Gasteiger partial charge < -0.3 is 14.6 Å². The lowest BCUT2D eigenvalue weighted by Crippen LogP contribution is -2.51. The lowest BCUT2D eigenvalue weighted by atomic mass is 10.2. The summed E-state index contributed by atoms with van der Waals surface area (Å²) in [5.41, 5.74) is 0.633. The van der Waals surface area contributed by atoms with Crippen LogP contribution in [0.15, 0.2) is 47.1 Å². The van der Waals surface area contributed by atoms with Crippen LogP contribution in [0.4, 0.5) is 0 Å². The van der Waals surface area contributed by atoms with E-state index in [1.165, 1.54) is 0 Å². The molecule has 2 amide bonds. The molecule has 0 saturated carbocycles. The number of carbonyl (C=O) groups excluding carboxylic acids is 2. The minimum absolute atomic E-state index is 0.00131. The lowest BCUT2D eigenvalue weighted by molar-refractivity contribution is -0.122. The van der Waals surface area contributed by atoms with Crippen molar-refractivity contribution in [1.29, 1.82) is 0 Å². The van der Waals surface area contributed by atoms with E-state index < -0.39 is 0 Å². The average Bonchev–Trinajstić information content (AvgIpc) is 3.14. The number of carbonyl (C=O) groups is 2. The summed E-state index contributed by atoms with van der Waals surface area (Å²) in [6, 6.07) is 10.5. The standard InChI is InChI=1S/C18H20ClN3O3/c19-15-5-3-14(4-6-15)18(24)22-9-7-21(8-10-22)13-17(23)20-12-16-2-1-11-25-16/h1-6,11H,7-10,12-13H2,(H,20,23). The Labute approximate surface area is 151 Å². The Hall–Kier alpha value is -2.31. The summed E-state index contributed by atoms with van der Waals surface area (Å²) in [4.78, 5) is 28.3. The molecule has 1 N–H and O–H groups in total. The van der Waals surface area contributed by atoms with Crippen LogP contribution >= 0.6 is 11.6 Å². The fourth-order valence-electron chi connectivity index (χ4n) is 2.74. The van der Waals surface area contributed by atoms with Crippen molar-refractivity contribution in [3.8, 4) is 0 Å². The summed E-state index contributed by atoms with van der Waals surface area (Å²) in [5, 5.41) is 3.44. The van der Waals surface area contributed by atoms with Gasteiger partial charge >= 0.3 is 0 Å². The Morgan fingerprint density at radius 2 is 1.80 bits per heavy atom.